The van der Waals surface area contributed by atoms with E-state index < -0.39 is 0 Å². The number of aromatic nitrogens is 2. The molecule has 1 heterocycles. The maximum Gasteiger partial charge on any atom is 0.265 e. The minimum Gasteiger partial charge on any atom is -0.484 e. The van der Waals surface area contributed by atoms with Gasteiger partial charge in [0.15, 0.2) is 6.61 Å². The van der Waals surface area contributed by atoms with Gasteiger partial charge in [0.05, 0.1) is 16.6 Å². The van der Waals surface area contributed by atoms with Crippen molar-refractivity contribution in [3.05, 3.63) is 93.0 Å². The average Bonchev–Trinajstić information content (AvgIpc) is 2.76. The Kier molecular flexibility index (Phi) is 5.97. The Morgan fingerprint density at radius 2 is 1.81 bits per heavy atom. The second-order valence-electron chi connectivity index (χ2n) is 7.56. The number of hydrogen-bond acceptors (Lipinski definition) is 4. The van der Waals surface area contributed by atoms with Crippen LogP contribution in [0.15, 0.2) is 65.5 Å². The Hall–Kier alpha value is -3.64. The molecule has 0 saturated heterocycles. The molecule has 0 unspecified atom stereocenters. The van der Waals surface area contributed by atoms with Gasteiger partial charge in [-0.05, 0) is 80.4 Å². The van der Waals surface area contributed by atoms with E-state index in [1.807, 2.05) is 38.1 Å². The first kappa shape index (κ1) is 21.6. The number of nitrogens with zero attached hydrogens (tertiary/aromatic N) is 2. The number of halogens is 1. The summed E-state index contributed by atoms with van der Waals surface area (Å²) in [6, 6.07) is 17.9. The highest BCUT2D eigenvalue weighted by atomic mass is 35.5. The van der Waals surface area contributed by atoms with E-state index in [1.54, 1.807) is 47.9 Å². The standard InChI is InChI=1S/C25H22ClN3O3/c1-15-13-19(9-10-21(15)26)32-14-24(30)28-22-11-8-18(12-16(22)2)29-17(3)27-23-7-5-4-6-20(23)25(29)31/h4-13H,14H2,1-3H3,(H,28,30). The third-order valence-corrected chi connectivity index (χ3v) is 5.61. The van der Waals surface area contributed by atoms with Crippen LogP contribution in [0.25, 0.3) is 16.6 Å². The molecule has 0 aliphatic carbocycles. The van der Waals surface area contributed by atoms with E-state index in [9.17, 15) is 9.59 Å². The fourth-order valence-electron chi connectivity index (χ4n) is 3.52. The SMILES string of the molecule is Cc1cc(OCC(=O)Nc2ccc(-n3c(C)nc4ccccc4c3=O)cc2C)ccc1Cl. The number of hydrogen-bond donors (Lipinski definition) is 1. The van der Waals surface area contributed by atoms with Gasteiger partial charge in [0.25, 0.3) is 11.5 Å². The topological polar surface area (TPSA) is 73.2 Å². The van der Waals surface area contributed by atoms with Crippen LogP contribution in [0.4, 0.5) is 5.69 Å². The van der Waals surface area contributed by atoms with Crippen LogP contribution in [-0.2, 0) is 4.79 Å². The lowest BCUT2D eigenvalue weighted by molar-refractivity contribution is -0.118. The van der Waals surface area contributed by atoms with Gasteiger partial charge in [-0.2, -0.15) is 0 Å². The highest BCUT2D eigenvalue weighted by molar-refractivity contribution is 6.31. The largest absolute Gasteiger partial charge is 0.484 e. The third-order valence-electron chi connectivity index (χ3n) is 5.19. The van der Waals surface area contributed by atoms with E-state index >= 15 is 0 Å². The first-order valence-corrected chi connectivity index (χ1v) is 10.5. The van der Waals surface area contributed by atoms with Crippen LogP contribution in [0.2, 0.25) is 5.02 Å². The van der Waals surface area contributed by atoms with Crippen LogP contribution in [-0.4, -0.2) is 22.1 Å². The molecule has 0 fully saturated rings. The number of aryl methyl sites for hydroxylation is 3. The molecule has 4 rings (SSSR count). The summed E-state index contributed by atoms with van der Waals surface area (Å²) in [6.07, 6.45) is 0. The lowest BCUT2D eigenvalue weighted by atomic mass is 10.1. The van der Waals surface area contributed by atoms with Crippen molar-refractivity contribution in [1.29, 1.82) is 0 Å². The fraction of sp³-hybridized carbons (Fsp3) is 0.160. The Labute approximate surface area is 190 Å². The Morgan fingerprint density at radius 1 is 1.03 bits per heavy atom. The van der Waals surface area contributed by atoms with Crippen LogP contribution in [0.1, 0.15) is 17.0 Å². The van der Waals surface area contributed by atoms with Gasteiger partial charge in [0.2, 0.25) is 0 Å². The van der Waals surface area contributed by atoms with E-state index in [0.717, 1.165) is 11.1 Å². The van der Waals surface area contributed by atoms with Crippen molar-refractivity contribution in [2.24, 2.45) is 0 Å². The smallest absolute Gasteiger partial charge is 0.265 e. The molecular weight excluding hydrogens is 426 g/mol. The highest BCUT2D eigenvalue weighted by Gasteiger charge is 2.12. The number of benzene rings is 3. The number of amides is 1. The first-order valence-electron chi connectivity index (χ1n) is 10.1. The molecule has 0 radical (unpaired) electrons. The highest BCUT2D eigenvalue weighted by Crippen LogP contribution is 2.22. The van der Waals surface area contributed by atoms with Gasteiger partial charge in [-0.3, -0.25) is 14.2 Å². The summed E-state index contributed by atoms with van der Waals surface area (Å²) >= 11 is 6.01. The molecule has 1 amide bonds. The number of anilines is 1. The summed E-state index contributed by atoms with van der Waals surface area (Å²) in [5.74, 6) is 0.887. The van der Waals surface area contributed by atoms with Gasteiger partial charge in [0.1, 0.15) is 11.6 Å². The molecule has 0 saturated carbocycles. The molecule has 0 bridgehead atoms. The van der Waals surface area contributed by atoms with Crippen LogP contribution in [0.3, 0.4) is 0 Å². The second kappa shape index (κ2) is 8.85. The lowest BCUT2D eigenvalue weighted by Crippen LogP contribution is -2.23. The fourth-order valence-corrected chi connectivity index (χ4v) is 3.63. The van der Waals surface area contributed by atoms with Gasteiger partial charge >= 0.3 is 0 Å². The van der Waals surface area contributed by atoms with Crippen LogP contribution in [0.5, 0.6) is 5.75 Å². The maximum absolute atomic E-state index is 13.0. The molecule has 0 aliphatic heterocycles. The molecule has 1 aromatic heterocycles. The van der Waals surface area contributed by atoms with E-state index in [2.05, 4.69) is 10.3 Å². The normalized spacial score (nSPS) is 10.9. The number of para-hydroxylation sites is 1. The Bertz CT molecular complexity index is 1400. The molecule has 162 valence electrons. The number of rotatable bonds is 5. The van der Waals surface area contributed by atoms with Crippen molar-refractivity contribution in [3.63, 3.8) is 0 Å². The summed E-state index contributed by atoms with van der Waals surface area (Å²) in [4.78, 5) is 29.9. The number of fused-ring (bicyclic) bond motifs is 1. The van der Waals surface area contributed by atoms with Crippen molar-refractivity contribution in [2.45, 2.75) is 20.8 Å². The summed E-state index contributed by atoms with van der Waals surface area (Å²) in [5, 5.41) is 4.06. The molecule has 0 spiro atoms. The first-order chi connectivity index (χ1) is 15.3. The van der Waals surface area contributed by atoms with E-state index in [1.165, 1.54) is 0 Å². The molecule has 0 aliphatic rings. The minimum absolute atomic E-state index is 0.129. The van der Waals surface area contributed by atoms with Crippen molar-refractivity contribution >= 4 is 34.1 Å². The molecule has 0 atom stereocenters. The van der Waals surface area contributed by atoms with Gasteiger partial charge in [-0.25, -0.2) is 4.98 Å². The monoisotopic (exact) mass is 447 g/mol. The molecule has 7 heteroatoms. The average molecular weight is 448 g/mol. The molecule has 6 nitrogen and oxygen atoms in total. The number of ether oxygens (including phenoxy) is 1. The van der Waals surface area contributed by atoms with Gasteiger partial charge in [-0.1, -0.05) is 23.7 Å². The number of nitrogens with one attached hydrogen (secondary N) is 1. The van der Waals surface area contributed by atoms with Crippen molar-refractivity contribution < 1.29 is 9.53 Å². The van der Waals surface area contributed by atoms with Gasteiger partial charge in [0, 0.05) is 10.7 Å². The van der Waals surface area contributed by atoms with E-state index in [0.29, 0.717) is 38.9 Å². The van der Waals surface area contributed by atoms with Crippen LogP contribution < -0.4 is 15.6 Å². The van der Waals surface area contributed by atoms with Gasteiger partial charge in [-0.15, -0.1) is 0 Å². The molecule has 4 aromatic rings. The van der Waals surface area contributed by atoms with Crippen LogP contribution in [0, 0.1) is 20.8 Å². The summed E-state index contributed by atoms with van der Waals surface area (Å²) in [5.41, 5.74) is 3.57. The van der Waals surface area contributed by atoms with Crippen molar-refractivity contribution in [2.75, 3.05) is 11.9 Å². The molecule has 3 aromatic carbocycles. The maximum atomic E-state index is 13.0. The van der Waals surface area contributed by atoms with E-state index in [-0.39, 0.29) is 18.1 Å². The molecular formula is C25H22ClN3O3. The zero-order valence-electron chi connectivity index (χ0n) is 18.0. The van der Waals surface area contributed by atoms with Gasteiger partial charge < -0.3 is 10.1 Å². The third kappa shape index (κ3) is 4.36. The predicted octanol–water partition coefficient (Wildman–Crippen LogP) is 4.98. The lowest BCUT2D eigenvalue weighted by Gasteiger charge is -2.14. The van der Waals surface area contributed by atoms with Crippen LogP contribution >= 0.6 is 11.6 Å². The zero-order chi connectivity index (χ0) is 22.8. The molecule has 1 N–H and O–H groups in total. The van der Waals surface area contributed by atoms with Crippen molar-refractivity contribution in [3.8, 4) is 11.4 Å². The molecule has 32 heavy (non-hydrogen) atoms. The number of carbonyl (C=O) groups excluding carboxylic acids is 1. The summed E-state index contributed by atoms with van der Waals surface area (Å²) in [7, 11) is 0. The Morgan fingerprint density at radius 3 is 2.56 bits per heavy atom. The summed E-state index contributed by atoms with van der Waals surface area (Å²) in [6.45, 7) is 5.42. The van der Waals surface area contributed by atoms with Crippen molar-refractivity contribution in [1.82, 2.24) is 9.55 Å². The minimum atomic E-state index is -0.283. The summed E-state index contributed by atoms with van der Waals surface area (Å²) < 4.78 is 7.13. The number of carbonyl (C=O) groups is 1. The Balaban J connectivity index is 1.52. The van der Waals surface area contributed by atoms with E-state index in [4.69, 9.17) is 16.3 Å². The quantitative estimate of drug-likeness (QED) is 0.468. The second-order valence-corrected chi connectivity index (χ2v) is 7.97. The predicted molar refractivity (Wildman–Crippen MR) is 127 cm³/mol. The zero-order valence-corrected chi connectivity index (χ0v) is 18.7.